The summed E-state index contributed by atoms with van der Waals surface area (Å²) in [6.07, 6.45) is 1.20. The summed E-state index contributed by atoms with van der Waals surface area (Å²) < 4.78 is 14.4. The molecule has 0 saturated heterocycles. The van der Waals surface area contributed by atoms with Gasteiger partial charge >= 0.3 is 0 Å². The van der Waals surface area contributed by atoms with Crippen molar-refractivity contribution in [3.05, 3.63) is 29.5 Å². The molecule has 0 bridgehead atoms. The van der Waals surface area contributed by atoms with E-state index < -0.39 is 0 Å². The Morgan fingerprint density at radius 1 is 1.56 bits per heavy atom. The first-order valence-corrected chi connectivity index (χ1v) is 6.47. The molecule has 0 aliphatic heterocycles. The summed E-state index contributed by atoms with van der Waals surface area (Å²) >= 11 is 2.87. The second-order valence-corrected chi connectivity index (χ2v) is 5.15. The number of aromatic nitrogens is 2. The average molecular weight is 255 g/mol. The average Bonchev–Trinajstić information content (AvgIpc) is 2.76. The molecule has 0 unspecified atom stereocenters. The van der Waals surface area contributed by atoms with E-state index >= 15 is 0 Å². The summed E-state index contributed by atoms with van der Waals surface area (Å²) in [6.45, 7) is 2.66. The van der Waals surface area contributed by atoms with E-state index in [4.69, 9.17) is 0 Å². The van der Waals surface area contributed by atoms with Crippen LogP contribution >= 0.6 is 23.1 Å². The monoisotopic (exact) mass is 255 g/mol. The summed E-state index contributed by atoms with van der Waals surface area (Å²) in [7, 11) is 0. The number of halogens is 1. The van der Waals surface area contributed by atoms with Crippen LogP contribution in [0.3, 0.4) is 0 Å². The van der Waals surface area contributed by atoms with Crippen molar-refractivity contribution in [3.63, 3.8) is 0 Å². The Morgan fingerprint density at radius 3 is 3.12 bits per heavy atom. The van der Waals surface area contributed by atoms with Crippen molar-refractivity contribution in [2.75, 3.05) is 11.9 Å². The largest absolute Gasteiger partial charge is 0.354 e. The molecule has 6 heteroatoms. The normalized spacial score (nSPS) is 10.4. The zero-order valence-electron chi connectivity index (χ0n) is 8.61. The van der Waals surface area contributed by atoms with Gasteiger partial charge in [0.15, 0.2) is 5.82 Å². The van der Waals surface area contributed by atoms with E-state index in [9.17, 15) is 4.39 Å². The van der Waals surface area contributed by atoms with Gasteiger partial charge in [-0.1, -0.05) is 17.8 Å². The van der Waals surface area contributed by atoms with Crippen LogP contribution in [0.15, 0.2) is 32.9 Å². The lowest BCUT2D eigenvalue weighted by Gasteiger charge is -2.04. The van der Waals surface area contributed by atoms with Crippen LogP contribution in [0.25, 0.3) is 0 Å². The van der Waals surface area contributed by atoms with E-state index in [1.54, 1.807) is 11.3 Å². The van der Waals surface area contributed by atoms with Gasteiger partial charge in [0.05, 0.1) is 10.4 Å². The maximum atomic E-state index is 13.4. The van der Waals surface area contributed by atoms with Crippen molar-refractivity contribution in [1.82, 2.24) is 9.97 Å². The van der Waals surface area contributed by atoms with Gasteiger partial charge in [0.25, 0.3) is 0 Å². The van der Waals surface area contributed by atoms with E-state index in [1.165, 1.54) is 18.0 Å². The van der Waals surface area contributed by atoms with Crippen LogP contribution in [-0.2, 0) is 0 Å². The van der Waals surface area contributed by atoms with Gasteiger partial charge < -0.3 is 5.32 Å². The summed E-state index contributed by atoms with van der Waals surface area (Å²) in [5.41, 5.74) is 0. The van der Waals surface area contributed by atoms with E-state index in [2.05, 4.69) is 15.3 Å². The van der Waals surface area contributed by atoms with Gasteiger partial charge in [-0.05, 0) is 18.4 Å². The van der Waals surface area contributed by atoms with Crippen molar-refractivity contribution < 1.29 is 4.39 Å². The molecule has 2 aromatic heterocycles. The molecule has 16 heavy (non-hydrogen) atoms. The summed E-state index contributed by atoms with van der Waals surface area (Å²) in [5.74, 6) is 0.0722. The molecule has 0 radical (unpaired) electrons. The third-order valence-electron chi connectivity index (χ3n) is 1.74. The zero-order chi connectivity index (χ0) is 11.4. The number of nitrogens with one attached hydrogen (secondary N) is 1. The third kappa shape index (κ3) is 2.70. The maximum absolute atomic E-state index is 13.4. The Labute approximate surface area is 101 Å². The first-order chi connectivity index (χ1) is 7.79. The number of nitrogens with zero attached hydrogens (tertiary/aromatic N) is 2. The van der Waals surface area contributed by atoms with Crippen LogP contribution in [-0.4, -0.2) is 16.5 Å². The number of rotatable bonds is 4. The van der Waals surface area contributed by atoms with Crippen LogP contribution in [0.1, 0.15) is 6.92 Å². The number of thiophene rings is 1. The van der Waals surface area contributed by atoms with Crippen LogP contribution in [0, 0.1) is 5.82 Å². The third-order valence-corrected chi connectivity index (χ3v) is 3.76. The molecule has 84 valence electrons. The Hall–Kier alpha value is -1.14. The molecule has 3 nitrogen and oxygen atoms in total. The second kappa shape index (κ2) is 5.27. The zero-order valence-corrected chi connectivity index (χ0v) is 10.2. The molecule has 0 saturated carbocycles. The second-order valence-electron chi connectivity index (χ2n) is 2.91. The highest BCUT2D eigenvalue weighted by Crippen LogP contribution is 2.31. The molecule has 0 aliphatic carbocycles. The van der Waals surface area contributed by atoms with Crippen molar-refractivity contribution in [2.24, 2.45) is 0 Å². The highest BCUT2D eigenvalue weighted by atomic mass is 32.2. The molecule has 0 aliphatic rings. The fraction of sp³-hybridized carbons (Fsp3) is 0.200. The van der Waals surface area contributed by atoms with Gasteiger partial charge in [0.1, 0.15) is 5.03 Å². The molecule has 2 rings (SSSR count). The lowest BCUT2D eigenvalue weighted by molar-refractivity contribution is 0.580. The van der Waals surface area contributed by atoms with Gasteiger partial charge in [0, 0.05) is 6.54 Å². The fourth-order valence-corrected chi connectivity index (χ4v) is 2.75. The number of anilines is 1. The lowest BCUT2D eigenvalue weighted by Crippen LogP contribution is -2.03. The molecule has 0 atom stereocenters. The summed E-state index contributed by atoms with van der Waals surface area (Å²) in [5, 5.41) is 5.26. The minimum absolute atomic E-state index is 0.355. The topological polar surface area (TPSA) is 37.8 Å². The van der Waals surface area contributed by atoms with Crippen LogP contribution in [0.5, 0.6) is 0 Å². The van der Waals surface area contributed by atoms with E-state index in [1.807, 2.05) is 24.4 Å². The van der Waals surface area contributed by atoms with Crippen molar-refractivity contribution in [2.45, 2.75) is 16.2 Å². The van der Waals surface area contributed by atoms with Crippen LogP contribution < -0.4 is 5.32 Å². The fourth-order valence-electron chi connectivity index (χ4n) is 1.08. The Morgan fingerprint density at radius 2 is 2.44 bits per heavy atom. The highest BCUT2D eigenvalue weighted by molar-refractivity contribution is 8.01. The summed E-state index contributed by atoms with van der Waals surface area (Å²) in [6, 6.07) is 3.86. The van der Waals surface area contributed by atoms with E-state index in [0.29, 0.717) is 11.0 Å². The van der Waals surface area contributed by atoms with Gasteiger partial charge in [-0.3, -0.25) is 0 Å². The molecule has 1 N–H and O–H groups in total. The molecular weight excluding hydrogens is 245 g/mol. The van der Waals surface area contributed by atoms with Gasteiger partial charge in [-0.25, -0.2) is 14.4 Å². The first kappa shape index (κ1) is 11.3. The first-order valence-electron chi connectivity index (χ1n) is 4.77. The highest BCUT2D eigenvalue weighted by Gasteiger charge is 2.08. The van der Waals surface area contributed by atoms with Crippen LogP contribution in [0.2, 0.25) is 0 Å². The van der Waals surface area contributed by atoms with Gasteiger partial charge in [-0.2, -0.15) is 0 Å². The molecule has 0 amide bonds. The Kier molecular flexibility index (Phi) is 3.74. The van der Waals surface area contributed by atoms with E-state index in [-0.39, 0.29) is 5.82 Å². The van der Waals surface area contributed by atoms with Gasteiger partial charge in [0.2, 0.25) is 5.95 Å². The Balaban J connectivity index is 2.21. The van der Waals surface area contributed by atoms with Crippen molar-refractivity contribution in [1.29, 1.82) is 0 Å². The summed E-state index contributed by atoms with van der Waals surface area (Å²) in [4.78, 5) is 7.96. The maximum Gasteiger partial charge on any atom is 0.223 e. The van der Waals surface area contributed by atoms with Crippen LogP contribution in [0.4, 0.5) is 10.3 Å². The molecule has 2 heterocycles. The number of hydrogen-bond acceptors (Lipinski definition) is 5. The quantitative estimate of drug-likeness (QED) is 0.851. The SMILES string of the molecule is CCNc1ncc(F)c(Sc2cccs2)n1. The smallest absolute Gasteiger partial charge is 0.223 e. The molecular formula is C10H10FN3S2. The standard InChI is InChI=1S/C10H10FN3S2/c1-2-12-10-13-6-7(11)9(14-10)16-8-4-3-5-15-8/h3-6H,2H2,1H3,(H,12,13,14). The predicted molar refractivity (Wildman–Crippen MR) is 64.6 cm³/mol. The molecule has 0 spiro atoms. The van der Waals surface area contributed by atoms with Crippen molar-refractivity contribution in [3.8, 4) is 0 Å². The number of hydrogen-bond donors (Lipinski definition) is 1. The predicted octanol–water partition coefficient (Wildman–Crippen LogP) is 3.26. The van der Waals surface area contributed by atoms with Crippen molar-refractivity contribution >= 4 is 29.0 Å². The van der Waals surface area contributed by atoms with E-state index in [0.717, 1.165) is 10.8 Å². The molecule has 2 aromatic rings. The molecule has 0 aromatic carbocycles. The molecule has 0 fully saturated rings. The lowest BCUT2D eigenvalue weighted by atomic mass is 10.6. The van der Waals surface area contributed by atoms with Gasteiger partial charge in [-0.15, -0.1) is 11.3 Å². The minimum Gasteiger partial charge on any atom is -0.354 e. The minimum atomic E-state index is -0.389. The Bertz CT molecular complexity index is 459.